The van der Waals surface area contributed by atoms with Crippen molar-refractivity contribution >= 4 is 5.78 Å². The van der Waals surface area contributed by atoms with E-state index < -0.39 is 98.5 Å². The fourth-order valence-electron chi connectivity index (χ4n) is 5.38. The van der Waals surface area contributed by atoms with Gasteiger partial charge in [0.2, 0.25) is 17.3 Å². The summed E-state index contributed by atoms with van der Waals surface area (Å²) in [5.41, 5.74) is -6.58. The van der Waals surface area contributed by atoms with E-state index in [4.69, 9.17) is 9.47 Å². The van der Waals surface area contributed by atoms with Crippen LogP contribution in [0.15, 0.2) is 30.3 Å². The normalized spacial score (nSPS) is 25.0. The van der Waals surface area contributed by atoms with Crippen LogP contribution in [0, 0.1) is 5.92 Å². The van der Waals surface area contributed by atoms with Gasteiger partial charge < -0.3 is 75.9 Å². The average molecular weight is 587 g/mol. The van der Waals surface area contributed by atoms with E-state index in [0.29, 0.717) is 0 Å². The number of phenolic OH excluding ortho intramolecular Hbond substituents is 2. The van der Waals surface area contributed by atoms with Gasteiger partial charge in [-0.25, -0.2) is 0 Å². The maximum absolute atomic E-state index is 13.3. The number of piperidine rings is 1. The Labute approximate surface area is 229 Å². The number of nitrogens with zero attached hydrogens (tertiary/aromatic N) is 1. The van der Waals surface area contributed by atoms with Gasteiger partial charge in [0.15, 0.2) is 22.9 Å². The molecule has 0 saturated carbocycles. The first-order chi connectivity index (χ1) is 18.7. The number of aliphatic hydroxyl groups is 11. The number of Topliss-reactive ketones (excluding diaryl/α,β-unsaturated/α-hetero) is 1. The fraction of sp³-hybridized carbons (Fsp3) is 0.458. The maximum Gasteiger partial charge on any atom is 0.289 e. The van der Waals surface area contributed by atoms with Crippen LogP contribution in [0.4, 0.5) is 0 Å². The number of carbonyl (C=O) groups is 1. The minimum atomic E-state index is -4.63. The third kappa shape index (κ3) is 3.70. The van der Waals surface area contributed by atoms with Crippen LogP contribution in [0.1, 0.15) is 27.9 Å². The summed E-state index contributed by atoms with van der Waals surface area (Å²) in [5, 5.41) is 141. The zero-order chi connectivity index (χ0) is 31.1. The molecular formula is C24H29NO16. The highest BCUT2D eigenvalue weighted by Gasteiger charge is 2.85. The Kier molecular flexibility index (Phi) is 6.88. The molecule has 0 bridgehead atoms. The average Bonchev–Trinajstić information content (AvgIpc) is 3.08. The van der Waals surface area contributed by atoms with Gasteiger partial charge in [-0.3, -0.25) is 4.79 Å². The minimum Gasteiger partial charge on any atom is -0.504 e. The van der Waals surface area contributed by atoms with Crippen molar-refractivity contribution in [1.82, 2.24) is 4.90 Å². The van der Waals surface area contributed by atoms with Crippen LogP contribution in [-0.2, 0) is 12.3 Å². The Balaban J connectivity index is 1.88. The summed E-state index contributed by atoms with van der Waals surface area (Å²) in [4.78, 5) is 12.9. The second-order valence-corrected chi connectivity index (χ2v) is 9.91. The number of hydrogen-bond acceptors (Lipinski definition) is 17. The van der Waals surface area contributed by atoms with Crippen LogP contribution >= 0.6 is 0 Å². The molecule has 4 rings (SSSR count). The number of carbonyl (C=O) groups excluding carboxylic acids is 1. The Bertz CT molecular complexity index is 1340. The molecule has 2 aromatic carbocycles. The lowest BCUT2D eigenvalue weighted by atomic mass is 9.68. The van der Waals surface area contributed by atoms with Crippen molar-refractivity contribution < 1.29 is 80.7 Å². The SMILES string of the molecule is COc1c(O)c2c(c(O)c1OC)C(O)(O)C(CC1(O)C(O)(O)C(O)(O)N(Cc3ccccc3)C(O)(O)C1(O)O)C2=O. The molecule has 1 fully saturated rings. The molecule has 1 saturated heterocycles. The fourth-order valence-corrected chi connectivity index (χ4v) is 5.38. The highest BCUT2D eigenvalue weighted by molar-refractivity contribution is 6.08. The van der Waals surface area contributed by atoms with Gasteiger partial charge in [0.25, 0.3) is 23.4 Å². The van der Waals surface area contributed by atoms with E-state index in [1.54, 1.807) is 0 Å². The van der Waals surface area contributed by atoms with Gasteiger partial charge in [0.1, 0.15) is 0 Å². The molecule has 0 spiro atoms. The van der Waals surface area contributed by atoms with E-state index in [2.05, 4.69) is 0 Å². The maximum atomic E-state index is 13.3. The van der Waals surface area contributed by atoms with Crippen molar-refractivity contribution in [2.45, 2.75) is 47.8 Å². The van der Waals surface area contributed by atoms with Gasteiger partial charge in [-0.05, 0) is 5.56 Å². The molecule has 17 nitrogen and oxygen atoms in total. The molecule has 0 amide bonds. The number of rotatable bonds is 6. The molecule has 1 heterocycles. The molecule has 1 atom stereocenters. The Morgan fingerprint density at radius 3 is 1.68 bits per heavy atom. The smallest absolute Gasteiger partial charge is 0.289 e. The van der Waals surface area contributed by atoms with E-state index in [1.807, 2.05) is 0 Å². The number of likely N-dealkylation sites (tertiary alicyclic amines) is 1. The molecule has 1 aliphatic heterocycles. The number of benzene rings is 2. The van der Waals surface area contributed by atoms with Crippen molar-refractivity contribution in [2.24, 2.45) is 5.92 Å². The topological polar surface area (TPSA) is 302 Å². The van der Waals surface area contributed by atoms with Crippen LogP contribution in [-0.4, -0.2) is 120 Å². The predicted molar refractivity (Wildman–Crippen MR) is 127 cm³/mol. The van der Waals surface area contributed by atoms with Gasteiger partial charge in [-0.15, -0.1) is 0 Å². The lowest BCUT2D eigenvalue weighted by molar-refractivity contribution is -0.598. The zero-order valence-corrected chi connectivity index (χ0v) is 21.4. The summed E-state index contributed by atoms with van der Waals surface area (Å²) in [6.45, 7) is -1.03. The monoisotopic (exact) mass is 587 g/mol. The van der Waals surface area contributed by atoms with Crippen molar-refractivity contribution in [3.8, 4) is 23.0 Å². The molecule has 17 heteroatoms. The summed E-state index contributed by atoms with van der Waals surface area (Å²) >= 11 is 0. The van der Waals surface area contributed by atoms with Gasteiger partial charge in [0, 0.05) is 13.0 Å². The predicted octanol–water partition coefficient (Wildman–Crippen LogP) is -4.66. The van der Waals surface area contributed by atoms with E-state index in [0.717, 1.165) is 14.2 Å². The molecule has 2 aromatic rings. The standard InChI is InChI=1S/C24H29NO16/c1-40-17-15(27)12-13(16(28)18(17)41-2)20(30,31)11(14(12)26)8-19(29)21(32,33)23(36,37)25(24(38,39)22(19,34)35)9-10-6-4-3-5-7-10/h3-7,11,27-39H,8-9H2,1-2H3. The van der Waals surface area contributed by atoms with Crippen LogP contribution in [0.5, 0.6) is 23.0 Å². The van der Waals surface area contributed by atoms with E-state index in [9.17, 15) is 71.2 Å². The molecule has 226 valence electrons. The number of fused-ring (bicyclic) bond motifs is 1. The van der Waals surface area contributed by atoms with Gasteiger partial charge in [-0.1, -0.05) is 30.3 Å². The first-order valence-corrected chi connectivity index (χ1v) is 11.7. The highest BCUT2D eigenvalue weighted by atomic mass is 16.7. The van der Waals surface area contributed by atoms with Crippen LogP contribution in [0.3, 0.4) is 0 Å². The molecule has 0 aromatic heterocycles. The zero-order valence-electron chi connectivity index (χ0n) is 21.4. The molecule has 13 N–H and O–H groups in total. The number of ether oxygens (including phenoxy) is 2. The quantitative estimate of drug-likeness (QED) is 0.112. The van der Waals surface area contributed by atoms with Gasteiger partial charge >= 0.3 is 0 Å². The minimum absolute atomic E-state index is 0.0319. The molecule has 41 heavy (non-hydrogen) atoms. The highest BCUT2D eigenvalue weighted by Crippen LogP contribution is 2.60. The Hall–Kier alpha value is -3.17. The molecule has 1 aliphatic carbocycles. The second-order valence-electron chi connectivity index (χ2n) is 9.91. The molecule has 1 unspecified atom stereocenters. The lowest BCUT2D eigenvalue weighted by Gasteiger charge is -2.63. The van der Waals surface area contributed by atoms with Gasteiger partial charge in [-0.2, -0.15) is 4.90 Å². The Morgan fingerprint density at radius 2 is 1.22 bits per heavy atom. The number of aromatic hydroxyl groups is 2. The van der Waals surface area contributed by atoms with Crippen LogP contribution in [0.2, 0.25) is 0 Å². The first-order valence-electron chi connectivity index (χ1n) is 11.7. The van der Waals surface area contributed by atoms with E-state index in [-0.39, 0.29) is 5.56 Å². The van der Waals surface area contributed by atoms with Crippen molar-refractivity contribution in [3.63, 3.8) is 0 Å². The molecule has 0 radical (unpaired) electrons. The third-order valence-corrected chi connectivity index (χ3v) is 7.71. The van der Waals surface area contributed by atoms with Crippen molar-refractivity contribution in [2.75, 3.05) is 14.2 Å². The summed E-state index contributed by atoms with van der Waals surface area (Å²) in [6, 6.07) is 6.94. The molecular weight excluding hydrogens is 558 g/mol. The largest absolute Gasteiger partial charge is 0.504 e. The van der Waals surface area contributed by atoms with Crippen molar-refractivity contribution in [1.29, 1.82) is 0 Å². The summed E-state index contributed by atoms with van der Waals surface area (Å²) in [6.07, 6.45) is -2.00. The van der Waals surface area contributed by atoms with Gasteiger partial charge in [0.05, 0.1) is 31.3 Å². The lowest BCUT2D eigenvalue weighted by Crippen LogP contribution is -2.93. The van der Waals surface area contributed by atoms with E-state index in [1.165, 1.54) is 30.3 Å². The summed E-state index contributed by atoms with van der Waals surface area (Å²) in [5.74, 6) is -29.6. The second kappa shape index (κ2) is 9.16. The number of hydrogen-bond donors (Lipinski definition) is 13. The Morgan fingerprint density at radius 1 is 0.756 bits per heavy atom. The first kappa shape index (κ1) is 30.8. The van der Waals surface area contributed by atoms with E-state index >= 15 is 0 Å². The summed E-state index contributed by atoms with van der Waals surface area (Å²) in [7, 11) is 1.96. The van der Waals surface area contributed by atoms with Crippen LogP contribution in [0.25, 0.3) is 0 Å². The summed E-state index contributed by atoms with van der Waals surface area (Å²) < 4.78 is 9.75. The van der Waals surface area contributed by atoms with Crippen molar-refractivity contribution in [3.05, 3.63) is 47.0 Å². The number of ketones is 1. The van der Waals surface area contributed by atoms with Crippen LogP contribution < -0.4 is 9.47 Å². The molecule has 2 aliphatic rings. The number of phenols is 2. The third-order valence-electron chi connectivity index (χ3n) is 7.71. The number of methoxy groups -OCH3 is 2.